The van der Waals surface area contributed by atoms with Crippen LogP contribution in [0.4, 0.5) is 13.2 Å². The van der Waals surface area contributed by atoms with Gasteiger partial charge >= 0.3 is 6.18 Å². The van der Waals surface area contributed by atoms with Crippen molar-refractivity contribution in [3.05, 3.63) is 28.8 Å². The summed E-state index contributed by atoms with van der Waals surface area (Å²) in [6, 6.07) is 2.39. The van der Waals surface area contributed by atoms with E-state index >= 15 is 0 Å². The number of rotatable bonds is 4. The Kier molecular flexibility index (Phi) is 5.56. The standard InChI is InChI=1S/C16H20ClF3N2O3S/c1-2-25-10-7-14-15(21-5-6-22(14)9-10)26(23,24)11-3-4-13(17)12(8-11)16(18,19)20/h3-4,8,10,14-15,21H,2,5-7,9H2,1H3. The second-order valence-electron chi connectivity index (χ2n) is 6.43. The van der Waals surface area contributed by atoms with Crippen molar-refractivity contribution in [2.75, 3.05) is 26.2 Å². The van der Waals surface area contributed by atoms with E-state index in [-0.39, 0.29) is 17.0 Å². The molecule has 26 heavy (non-hydrogen) atoms. The van der Waals surface area contributed by atoms with Gasteiger partial charge in [-0.05, 0) is 31.5 Å². The number of alkyl halides is 3. The largest absolute Gasteiger partial charge is 0.417 e. The maximum absolute atomic E-state index is 13.1. The highest BCUT2D eigenvalue weighted by Gasteiger charge is 2.46. The molecule has 5 nitrogen and oxygen atoms in total. The number of nitrogens with one attached hydrogen (secondary N) is 1. The molecule has 0 bridgehead atoms. The number of fused-ring (bicyclic) bond motifs is 1. The van der Waals surface area contributed by atoms with Crippen LogP contribution in [0.25, 0.3) is 0 Å². The summed E-state index contributed by atoms with van der Waals surface area (Å²) in [6.45, 7) is 4.15. The van der Waals surface area contributed by atoms with E-state index < -0.39 is 32.0 Å². The molecule has 2 heterocycles. The zero-order chi connectivity index (χ0) is 19.1. The Bertz CT molecular complexity index is 772. The van der Waals surface area contributed by atoms with Crippen molar-refractivity contribution in [1.82, 2.24) is 10.2 Å². The lowest BCUT2D eigenvalue weighted by Crippen LogP contribution is -2.58. The number of sulfone groups is 1. The Labute approximate surface area is 155 Å². The fourth-order valence-corrected chi connectivity index (χ4v) is 5.76. The summed E-state index contributed by atoms with van der Waals surface area (Å²) in [6.07, 6.45) is -4.27. The van der Waals surface area contributed by atoms with Crippen LogP contribution in [0, 0.1) is 0 Å². The number of benzene rings is 1. The van der Waals surface area contributed by atoms with Crippen molar-refractivity contribution < 1.29 is 26.3 Å². The summed E-state index contributed by atoms with van der Waals surface area (Å²) < 4.78 is 71.0. The zero-order valence-corrected chi connectivity index (χ0v) is 15.7. The highest BCUT2D eigenvalue weighted by atomic mass is 35.5. The Morgan fingerprint density at radius 3 is 2.77 bits per heavy atom. The van der Waals surface area contributed by atoms with Crippen LogP contribution in [0.2, 0.25) is 5.02 Å². The van der Waals surface area contributed by atoms with Crippen LogP contribution in [-0.2, 0) is 20.8 Å². The molecule has 0 spiro atoms. The highest BCUT2D eigenvalue weighted by Crippen LogP contribution is 2.37. The van der Waals surface area contributed by atoms with Gasteiger partial charge in [0.1, 0.15) is 5.37 Å². The normalized spacial score (nSPS) is 27.5. The van der Waals surface area contributed by atoms with Crippen molar-refractivity contribution in [1.29, 1.82) is 0 Å². The highest BCUT2D eigenvalue weighted by molar-refractivity contribution is 7.92. The van der Waals surface area contributed by atoms with Gasteiger partial charge in [-0.2, -0.15) is 13.2 Å². The van der Waals surface area contributed by atoms with Gasteiger partial charge in [0.2, 0.25) is 0 Å². The van der Waals surface area contributed by atoms with Crippen LogP contribution >= 0.6 is 11.6 Å². The monoisotopic (exact) mass is 412 g/mol. The zero-order valence-electron chi connectivity index (χ0n) is 14.1. The minimum Gasteiger partial charge on any atom is -0.377 e. The first kappa shape index (κ1) is 19.9. The molecule has 2 fully saturated rings. The van der Waals surface area contributed by atoms with Crippen molar-refractivity contribution >= 4 is 21.4 Å². The Balaban J connectivity index is 1.93. The predicted molar refractivity (Wildman–Crippen MR) is 90.8 cm³/mol. The third-order valence-corrected chi connectivity index (χ3v) is 7.20. The minimum absolute atomic E-state index is 0.0708. The molecule has 10 heteroatoms. The van der Waals surface area contributed by atoms with E-state index in [1.165, 1.54) is 0 Å². The Morgan fingerprint density at radius 2 is 2.12 bits per heavy atom. The number of hydrogen-bond acceptors (Lipinski definition) is 5. The van der Waals surface area contributed by atoms with Crippen molar-refractivity contribution in [2.45, 2.75) is 41.9 Å². The first-order valence-electron chi connectivity index (χ1n) is 8.34. The van der Waals surface area contributed by atoms with Crippen molar-refractivity contribution in [2.24, 2.45) is 0 Å². The third-order valence-electron chi connectivity index (χ3n) is 4.81. The lowest BCUT2D eigenvalue weighted by Gasteiger charge is -2.36. The minimum atomic E-state index is -4.72. The number of hydrogen-bond donors (Lipinski definition) is 1. The first-order valence-corrected chi connectivity index (χ1v) is 10.3. The quantitative estimate of drug-likeness (QED) is 0.823. The van der Waals surface area contributed by atoms with Gasteiger partial charge in [-0.3, -0.25) is 10.2 Å². The van der Waals surface area contributed by atoms with Gasteiger partial charge in [0.05, 0.1) is 21.6 Å². The second kappa shape index (κ2) is 7.27. The van der Waals surface area contributed by atoms with Crippen molar-refractivity contribution in [3.63, 3.8) is 0 Å². The average Bonchev–Trinajstić information content (AvgIpc) is 2.96. The summed E-state index contributed by atoms with van der Waals surface area (Å²) in [5, 5.41) is 1.46. The average molecular weight is 413 g/mol. The van der Waals surface area contributed by atoms with Crippen molar-refractivity contribution in [3.8, 4) is 0 Å². The maximum atomic E-state index is 13.1. The molecule has 2 aliphatic heterocycles. The molecule has 0 amide bonds. The SMILES string of the molecule is CCOC1CC2C(S(=O)(=O)c3ccc(Cl)c(C(F)(F)F)c3)NCCN2C1. The van der Waals surface area contributed by atoms with Gasteiger partial charge < -0.3 is 4.74 Å². The van der Waals surface area contributed by atoms with Gasteiger partial charge in [-0.15, -0.1) is 0 Å². The summed E-state index contributed by atoms with van der Waals surface area (Å²) in [5.74, 6) is 0. The van der Waals surface area contributed by atoms with Gasteiger partial charge in [0, 0.05) is 32.3 Å². The molecule has 0 aromatic heterocycles. The molecule has 0 saturated carbocycles. The molecule has 1 aromatic carbocycles. The van der Waals surface area contributed by atoms with Crippen LogP contribution in [0.15, 0.2) is 23.1 Å². The summed E-state index contributed by atoms with van der Waals surface area (Å²) in [4.78, 5) is 1.65. The van der Waals surface area contributed by atoms with Gasteiger partial charge in [-0.25, -0.2) is 8.42 Å². The molecule has 2 aliphatic rings. The van der Waals surface area contributed by atoms with E-state index in [1.807, 2.05) is 11.8 Å². The van der Waals surface area contributed by atoms with E-state index in [2.05, 4.69) is 5.32 Å². The Hall–Kier alpha value is -0.870. The van der Waals surface area contributed by atoms with Gasteiger partial charge in [-0.1, -0.05) is 11.6 Å². The van der Waals surface area contributed by atoms with Crippen LogP contribution in [0.3, 0.4) is 0 Å². The molecule has 3 atom stereocenters. The summed E-state index contributed by atoms with van der Waals surface area (Å²) in [5.41, 5.74) is -1.15. The lowest BCUT2D eigenvalue weighted by molar-refractivity contribution is -0.137. The third kappa shape index (κ3) is 3.73. The van der Waals surface area contributed by atoms with E-state index in [4.69, 9.17) is 16.3 Å². The number of ether oxygens (including phenoxy) is 1. The summed E-state index contributed by atoms with van der Waals surface area (Å²) >= 11 is 5.60. The smallest absolute Gasteiger partial charge is 0.377 e. The molecular formula is C16H20ClF3N2O3S. The fraction of sp³-hybridized carbons (Fsp3) is 0.625. The molecular weight excluding hydrogens is 393 g/mol. The second-order valence-corrected chi connectivity index (χ2v) is 8.91. The molecule has 3 unspecified atom stereocenters. The number of piperazine rings is 1. The molecule has 1 aromatic rings. The number of nitrogens with zero attached hydrogens (tertiary/aromatic N) is 1. The van der Waals surface area contributed by atoms with E-state index in [0.29, 0.717) is 38.7 Å². The summed E-state index contributed by atoms with van der Waals surface area (Å²) in [7, 11) is -4.02. The van der Waals surface area contributed by atoms with Crippen LogP contribution in [0.1, 0.15) is 18.9 Å². The van der Waals surface area contributed by atoms with Gasteiger partial charge in [0.25, 0.3) is 0 Å². The molecule has 0 radical (unpaired) electrons. The van der Waals surface area contributed by atoms with Crippen LogP contribution in [0.5, 0.6) is 0 Å². The van der Waals surface area contributed by atoms with E-state index in [1.54, 1.807) is 0 Å². The first-order chi connectivity index (χ1) is 12.1. The molecule has 146 valence electrons. The maximum Gasteiger partial charge on any atom is 0.417 e. The predicted octanol–water partition coefficient (Wildman–Crippen LogP) is 2.54. The van der Waals surface area contributed by atoms with E-state index in [0.717, 1.165) is 12.1 Å². The van der Waals surface area contributed by atoms with Crippen LogP contribution in [-0.4, -0.2) is 57.1 Å². The molecule has 0 aliphatic carbocycles. The molecule has 1 N–H and O–H groups in total. The number of halogens is 4. The topological polar surface area (TPSA) is 58.6 Å². The van der Waals surface area contributed by atoms with Gasteiger partial charge in [0.15, 0.2) is 9.84 Å². The van der Waals surface area contributed by atoms with E-state index in [9.17, 15) is 21.6 Å². The Morgan fingerprint density at radius 1 is 1.38 bits per heavy atom. The molecule has 3 rings (SSSR count). The van der Waals surface area contributed by atoms with Crippen LogP contribution < -0.4 is 5.32 Å². The molecule has 2 saturated heterocycles. The lowest BCUT2D eigenvalue weighted by atomic mass is 10.1. The fourth-order valence-electron chi connectivity index (χ4n) is 3.67.